The molecule has 2 rings (SSSR count). The lowest BCUT2D eigenvalue weighted by atomic mass is 10.1. The van der Waals surface area contributed by atoms with Crippen molar-refractivity contribution in [3.63, 3.8) is 0 Å². The van der Waals surface area contributed by atoms with Crippen LogP contribution in [0.25, 0.3) is 0 Å². The zero-order valence-electron chi connectivity index (χ0n) is 11.7. The molecule has 0 aliphatic heterocycles. The first-order valence-corrected chi connectivity index (χ1v) is 6.68. The Kier molecular flexibility index (Phi) is 5.38. The zero-order valence-corrected chi connectivity index (χ0v) is 11.7. The second kappa shape index (κ2) is 7.50. The Morgan fingerprint density at radius 1 is 1.10 bits per heavy atom. The van der Waals surface area contributed by atoms with Gasteiger partial charge in [0.25, 0.3) is 0 Å². The summed E-state index contributed by atoms with van der Waals surface area (Å²) in [6, 6.07) is 9.79. The Labute approximate surface area is 119 Å². The first kappa shape index (κ1) is 14.3. The van der Waals surface area contributed by atoms with E-state index in [9.17, 15) is 0 Å². The van der Waals surface area contributed by atoms with Crippen molar-refractivity contribution in [2.45, 2.75) is 19.4 Å². The lowest BCUT2D eigenvalue weighted by Crippen LogP contribution is -1.99. The van der Waals surface area contributed by atoms with Crippen molar-refractivity contribution in [3.8, 4) is 5.75 Å². The second-order valence-corrected chi connectivity index (χ2v) is 4.59. The van der Waals surface area contributed by atoms with E-state index in [0.29, 0.717) is 18.0 Å². The van der Waals surface area contributed by atoms with Crippen molar-refractivity contribution in [2.75, 3.05) is 19.5 Å². The minimum Gasteiger partial charge on any atom is -0.495 e. The van der Waals surface area contributed by atoms with E-state index < -0.39 is 0 Å². The molecular formula is C16H20N2O2. The number of ether oxygens (including phenoxy) is 2. The molecule has 0 aliphatic carbocycles. The number of methoxy groups -OCH3 is 1. The number of hydrogen-bond acceptors (Lipinski definition) is 4. The lowest BCUT2D eigenvalue weighted by molar-refractivity contribution is 0.118. The molecule has 0 fully saturated rings. The van der Waals surface area contributed by atoms with E-state index in [1.807, 2.05) is 42.7 Å². The van der Waals surface area contributed by atoms with Gasteiger partial charge >= 0.3 is 0 Å². The number of nitrogens with zero attached hydrogens (tertiary/aromatic N) is 1. The van der Waals surface area contributed by atoms with Crippen molar-refractivity contribution in [3.05, 3.63) is 53.9 Å². The van der Waals surface area contributed by atoms with E-state index >= 15 is 0 Å². The molecule has 0 atom stereocenters. The summed E-state index contributed by atoms with van der Waals surface area (Å²) in [6.45, 7) is 1.30. The highest BCUT2D eigenvalue weighted by molar-refractivity contribution is 5.54. The molecule has 2 N–H and O–H groups in total. The molecule has 4 heteroatoms. The summed E-state index contributed by atoms with van der Waals surface area (Å²) in [7, 11) is 1.61. The van der Waals surface area contributed by atoms with Gasteiger partial charge in [0.2, 0.25) is 0 Å². The number of aryl methyl sites for hydroxylation is 1. The van der Waals surface area contributed by atoms with Gasteiger partial charge < -0.3 is 15.2 Å². The van der Waals surface area contributed by atoms with Crippen LogP contribution in [-0.4, -0.2) is 18.7 Å². The molecule has 0 bridgehead atoms. The summed E-state index contributed by atoms with van der Waals surface area (Å²) in [5.74, 6) is 0.700. The normalized spacial score (nSPS) is 10.4. The Balaban J connectivity index is 1.69. The highest BCUT2D eigenvalue weighted by Crippen LogP contribution is 2.22. The van der Waals surface area contributed by atoms with Crippen LogP contribution in [0.1, 0.15) is 17.5 Å². The molecule has 0 radical (unpaired) electrons. The standard InChI is InChI=1S/C16H20N2O2/c1-19-16-5-4-14(11-15(16)17)12-20-10-2-3-13-6-8-18-9-7-13/h4-9,11H,2-3,10,12,17H2,1H3. The number of benzene rings is 1. The van der Waals surface area contributed by atoms with Gasteiger partial charge in [0.05, 0.1) is 19.4 Å². The van der Waals surface area contributed by atoms with Crippen molar-refractivity contribution in [2.24, 2.45) is 0 Å². The van der Waals surface area contributed by atoms with Crippen LogP contribution >= 0.6 is 0 Å². The minimum absolute atomic E-state index is 0.574. The van der Waals surface area contributed by atoms with Gasteiger partial charge in [0, 0.05) is 19.0 Å². The molecule has 2 aromatic rings. The summed E-state index contributed by atoms with van der Waals surface area (Å²) < 4.78 is 10.8. The van der Waals surface area contributed by atoms with Crippen molar-refractivity contribution in [1.29, 1.82) is 0 Å². The monoisotopic (exact) mass is 272 g/mol. The molecule has 0 spiro atoms. The van der Waals surface area contributed by atoms with E-state index in [0.717, 1.165) is 25.0 Å². The van der Waals surface area contributed by atoms with Crippen molar-refractivity contribution in [1.82, 2.24) is 4.98 Å². The average Bonchev–Trinajstić information content (AvgIpc) is 2.48. The third-order valence-corrected chi connectivity index (χ3v) is 3.07. The summed E-state index contributed by atoms with van der Waals surface area (Å²) in [6.07, 6.45) is 5.63. The molecule has 20 heavy (non-hydrogen) atoms. The topological polar surface area (TPSA) is 57.4 Å². The van der Waals surface area contributed by atoms with E-state index in [2.05, 4.69) is 4.98 Å². The fourth-order valence-corrected chi connectivity index (χ4v) is 1.99. The number of aromatic nitrogens is 1. The number of nitrogen functional groups attached to an aromatic ring is 1. The molecule has 0 saturated heterocycles. The van der Waals surface area contributed by atoms with E-state index in [1.165, 1.54) is 5.56 Å². The number of hydrogen-bond donors (Lipinski definition) is 1. The Bertz CT molecular complexity index is 529. The number of pyridine rings is 1. The maximum absolute atomic E-state index is 5.85. The molecular weight excluding hydrogens is 252 g/mol. The smallest absolute Gasteiger partial charge is 0.141 e. The summed E-state index contributed by atoms with van der Waals surface area (Å²) in [5.41, 5.74) is 8.85. The quantitative estimate of drug-likeness (QED) is 0.622. The summed E-state index contributed by atoms with van der Waals surface area (Å²) >= 11 is 0. The van der Waals surface area contributed by atoms with Gasteiger partial charge in [-0.2, -0.15) is 0 Å². The maximum Gasteiger partial charge on any atom is 0.141 e. The largest absolute Gasteiger partial charge is 0.495 e. The van der Waals surface area contributed by atoms with Gasteiger partial charge in [-0.05, 0) is 48.2 Å². The average molecular weight is 272 g/mol. The molecule has 0 aliphatic rings. The molecule has 4 nitrogen and oxygen atoms in total. The highest BCUT2D eigenvalue weighted by atomic mass is 16.5. The first-order chi connectivity index (χ1) is 9.79. The SMILES string of the molecule is COc1ccc(COCCCc2ccncc2)cc1N. The molecule has 1 heterocycles. The van der Waals surface area contributed by atoms with Gasteiger partial charge in [-0.1, -0.05) is 6.07 Å². The van der Waals surface area contributed by atoms with Gasteiger partial charge in [-0.25, -0.2) is 0 Å². The molecule has 0 amide bonds. The Morgan fingerprint density at radius 3 is 2.60 bits per heavy atom. The fourth-order valence-electron chi connectivity index (χ4n) is 1.99. The van der Waals surface area contributed by atoms with Crippen LogP contribution in [-0.2, 0) is 17.8 Å². The zero-order chi connectivity index (χ0) is 14.2. The van der Waals surface area contributed by atoms with Gasteiger partial charge in [0.1, 0.15) is 5.75 Å². The first-order valence-electron chi connectivity index (χ1n) is 6.68. The fraction of sp³-hybridized carbons (Fsp3) is 0.312. The third kappa shape index (κ3) is 4.24. The molecule has 0 saturated carbocycles. The van der Waals surface area contributed by atoms with Crippen LogP contribution in [0, 0.1) is 0 Å². The molecule has 1 aromatic carbocycles. The second-order valence-electron chi connectivity index (χ2n) is 4.59. The Morgan fingerprint density at radius 2 is 1.90 bits per heavy atom. The minimum atomic E-state index is 0.574. The maximum atomic E-state index is 5.85. The number of anilines is 1. The van der Waals surface area contributed by atoms with Crippen molar-refractivity contribution >= 4 is 5.69 Å². The number of nitrogens with two attached hydrogens (primary N) is 1. The van der Waals surface area contributed by atoms with Crippen molar-refractivity contribution < 1.29 is 9.47 Å². The van der Waals surface area contributed by atoms with Crippen LogP contribution < -0.4 is 10.5 Å². The van der Waals surface area contributed by atoms with Crippen LogP contribution in [0.4, 0.5) is 5.69 Å². The molecule has 1 aromatic heterocycles. The van der Waals surface area contributed by atoms with Crippen LogP contribution in [0.2, 0.25) is 0 Å². The van der Waals surface area contributed by atoms with Crippen LogP contribution in [0.3, 0.4) is 0 Å². The van der Waals surface area contributed by atoms with Gasteiger partial charge in [-0.15, -0.1) is 0 Å². The summed E-state index contributed by atoms with van der Waals surface area (Å²) in [4.78, 5) is 4.00. The number of rotatable bonds is 7. The van der Waals surface area contributed by atoms with E-state index in [1.54, 1.807) is 7.11 Å². The Hall–Kier alpha value is -2.07. The predicted molar refractivity (Wildman–Crippen MR) is 79.6 cm³/mol. The molecule has 106 valence electrons. The van der Waals surface area contributed by atoms with E-state index in [-0.39, 0.29) is 0 Å². The third-order valence-electron chi connectivity index (χ3n) is 3.07. The van der Waals surface area contributed by atoms with Gasteiger partial charge in [-0.3, -0.25) is 4.98 Å². The van der Waals surface area contributed by atoms with E-state index in [4.69, 9.17) is 15.2 Å². The van der Waals surface area contributed by atoms with Crippen LogP contribution in [0.5, 0.6) is 5.75 Å². The van der Waals surface area contributed by atoms with Crippen LogP contribution in [0.15, 0.2) is 42.7 Å². The highest BCUT2D eigenvalue weighted by Gasteiger charge is 2.01. The van der Waals surface area contributed by atoms with Gasteiger partial charge in [0.15, 0.2) is 0 Å². The lowest BCUT2D eigenvalue weighted by Gasteiger charge is -2.08. The predicted octanol–water partition coefficient (Wildman–Crippen LogP) is 2.82. The summed E-state index contributed by atoms with van der Waals surface area (Å²) in [5, 5.41) is 0. The molecule has 0 unspecified atom stereocenters.